The van der Waals surface area contributed by atoms with Crippen LogP contribution in [0.5, 0.6) is 17.2 Å². The number of methoxy groups -OCH3 is 1. The molecule has 0 aliphatic rings. The second-order valence-electron chi connectivity index (χ2n) is 5.02. The third-order valence-electron chi connectivity index (χ3n) is 3.22. The normalized spacial score (nSPS) is 9.96. The third-order valence-corrected chi connectivity index (χ3v) is 4.11. The molecule has 1 N–H and O–H groups in total. The summed E-state index contributed by atoms with van der Waals surface area (Å²) < 4.78 is 16.7. The highest BCUT2D eigenvalue weighted by Crippen LogP contribution is 2.36. The van der Waals surface area contributed by atoms with Gasteiger partial charge in [0, 0.05) is 11.8 Å². The molecule has 2 aromatic carbocycles. The van der Waals surface area contributed by atoms with Gasteiger partial charge in [-0.1, -0.05) is 11.6 Å². The van der Waals surface area contributed by atoms with Crippen molar-refractivity contribution in [2.24, 2.45) is 0 Å². The molecule has 0 bridgehead atoms. The van der Waals surface area contributed by atoms with E-state index < -0.39 is 0 Å². The number of carbonyl (C=O) groups is 1. The van der Waals surface area contributed by atoms with Crippen molar-refractivity contribution >= 4 is 39.1 Å². The minimum absolute atomic E-state index is 0.242. The zero-order chi connectivity index (χ0) is 19.1. The Bertz CT molecular complexity index is 852. The van der Waals surface area contributed by atoms with E-state index in [4.69, 9.17) is 31.1 Å². The molecule has 0 unspecified atom stereocenters. The predicted octanol–water partition coefficient (Wildman–Crippen LogP) is 4.40. The number of nitrogens with one attached hydrogen (secondary N) is 1. The Kier molecular flexibility index (Phi) is 7.13. The lowest BCUT2D eigenvalue weighted by atomic mass is 10.2. The predicted molar refractivity (Wildman–Crippen MR) is 102 cm³/mol. The lowest BCUT2D eigenvalue weighted by Gasteiger charge is -2.14. The number of nitriles is 1. The van der Waals surface area contributed by atoms with Crippen molar-refractivity contribution in [3.63, 3.8) is 0 Å². The molecule has 0 saturated carbocycles. The summed E-state index contributed by atoms with van der Waals surface area (Å²) in [6, 6.07) is 10.1. The van der Waals surface area contributed by atoms with Crippen LogP contribution in [0.15, 0.2) is 34.8 Å². The Hall–Kier alpha value is -2.43. The average Bonchev–Trinajstić information content (AvgIpc) is 2.61. The summed E-state index contributed by atoms with van der Waals surface area (Å²) in [5.74, 6) is 0.890. The summed E-state index contributed by atoms with van der Waals surface area (Å²) in [5.41, 5.74) is 0.943. The zero-order valence-electron chi connectivity index (χ0n) is 14.1. The number of amides is 1. The molecule has 0 aliphatic carbocycles. The quantitative estimate of drug-likeness (QED) is 0.691. The summed E-state index contributed by atoms with van der Waals surface area (Å²) in [5, 5.41) is 12.1. The van der Waals surface area contributed by atoms with Gasteiger partial charge in [-0.25, -0.2) is 0 Å². The van der Waals surface area contributed by atoms with E-state index in [0.717, 1.165) is 0 Å². The molecule has 2 rings (SSSR count). The number of rotatable bonds is 7. The molecular formula is C18H16BrClN2O4. The van der Waals surface area contributed by atoms with Crippen molar-refractivity contribution in [3.8, 4) is 23.3 Å². The van der Waals surface area contributed by atoms with Crippen LogP contribution in [0.2, 0.25) is 5.02 Å². The monoisotopic (exact) mass is 438 g/mol. The minimum Gasteiger partial charge on any atom is -0.495 e. The van der Waals surface area contributed by atoms with Crippen LogP contribution in [-0.4, -0.2) is 26.2 Å². The Morgan fingerprint density at radius 3 is 2.65 bits per heavy atom. The number of benzene rings is 2. The Morgan fingerprint density at radius 2 is 2.04 bits per heavy atom. The van der Waals surface area contributed by atoms with Gasteiger partial charge in [0.2, 0.25) is 0 Å². The van der Waals surface area contributed by atoms with Crippen molar-refractivity contribution in [2.45, 2.75) is 6.92 Å². The molecule has 0 saturated heterocycles. The molecule has 0 radical (unpaired) electrons. The van der Waals surface area contributed by atoms with Crippen LogP contribution >= 0.6 is 27.5 Å². The number of hydrogen-bond donors (Lipinski definition) is 1. The van der Waals surface area contributed by atoms with Gasteiger partial charge in [-0.3, -0.25) is 4.79 Å². The first kappa shape index (κ1) is 19.9. The van der Waals surface area contributed by atoms with Gasteiger partial charge in [-0.05, 0) is 47.1 Å². The highest BCUT2D eigenvalue weighted by atomic mass is 79.9. The number of carbonyl (C=O) groups excluding carboxylic acids is 1. The van der Waals surface area contributed by atoms with Crippen molar-refractivity contribution in [2.75, 3.05) is 25.6 Å². The molecule has 26 heavy (non-hydrogen) atoms. The first-order valence-corrected chi connectivity index (χ1v) is 8.78. The average molecular weight is 440 g/mol. The van der Waals surface area contributed by atoms with Gasteiger partial charge >= 0.3 is 0 Å². The maximum atomic E-state index is 12.1. The molecule has 0 fully saturated rings. The summed E-state index contributed by atoms with van der Waals surface area (Å²) in [6.07, 6.45) is 0. The summed E-state index contributed by atoms with van der Waals surface area (Å²) in [4.78, 5) is 12.1. The summed E-state index contributed by atoms with van der Waals surface area (Å²) >= 11 is 9.37. The molecular weight excluding hydrogens is 424 g/mol. The minimum atomic E-state index is -0.370. The van der Waals surface area contributed by atoms with Gasteiger partial charge in [0.15, 0.2) is 18.1 Å². The largest absolute Gasteiger partial charge is 0.495 e. The SMILES string of the molecule is CCOc1cc(C#N)cc(Br)c1OCC(=O)Nc1ccc(OC)c(Cl)c1. The maximum absolute atomic E-state index is 12.1. The number of ether oxygens (including phenoxy) is 3. The molecule has 1 amide bonds. The van der Waals surface area contributed by atoms with Crippen LogP contribution in [0, 0.1) is 11.3 Å². The van der Waals surface area contributed by atoms with E-state index in [1.165, 1.54) is 7.11 Å². The third kappa shape index (κ3) is 5.04. The van der Waals surface area contributed by atoms with Crippen molar-refractivity contribution in [1.29, 1.82) is 5.26 Å². The number of anilines is 1. The van der Waals surface area contributed by atoms with Crippen LogP contribution in [0.25, 0.3) is 0 Å². The Morgan fingerprint density at radius 1 is 1.27 bits per heavy atom. The number of nitrogens with zero attached hydrogens (tertiary/aromatic N) is 1. The first-order chi connectivity index (χ1) is 12.5. The van der Waals surface area contributed by atoms with Crippen LogP contribution in [0.3, 0.4) is 0 Å². The molecule has 0 aliphatic heterocycles. The van der Waals surface area contributed by atoms with Gasteiger partial charge in [0.25, 0.3) is 5.91 Å². The fraction of sp³-hybridized carbons (Fsp3) is 0.222. The summed E-state index contributed by atoms with van der Waals surface area (Å²) in [7, 11) is 1.51. The van der Waals surface area contributed by atoms with Gasteiger partial charge in [0.1, 0.15) is 5.75 Å². The topological polar surface area (TPSA) is 80.6 Å². The van der Waals surface area contributed by atoms with Crippen molar-refractivity contribution < 1.29 is 19.0 Å². The standard InChI is InChI=1S/C18H16BrClN2O4/c1-3-25-16-7-11(9-21)6-13(19)18(16)26-10-17(23)22-12-4-5-15(24-2)14(20)8-12/h4-8H,3,10H2,1-2H3,(H,22,23). The van der Waals surface area contributed by atoms with E-state index in [2.05, 4.69) is 21.2 Å². The maximum Gasteiger partial charge on any atom is 0.262 e. The molecule has 6 nitrogen and oxygen atoms in total. The fourth-order valence-electron chi connectivity index (χ4n) is 2.11. The van der Waals surface area contributed by atoms with E-state index in [1.54, 1.807) is 30.3 Å². The van der Waals surface area contributed by atoms with Gasteiger partial charge < -0.3 is 19.5 Å². The lowest BCUT2D eigenvalue weighted by molar-refractivity contribution is -0.118. The molecule has 136 valence electrons. The highest BCUT2D eigenvalue weighted by Gasteiger charge is 2.14. The zero-order valence-corrected chi connectivity index (χ0v) is 16.5. The van der Waals surface area contributed by atoms with E-state index in [9.17, 15) is 4.79 Å². The highest BCUT2D eigenvalue weighted by molar-refractivity contribution is 9.10. The molecule has 0 heterocycles. The fourth-order valence-corrected chi connectivity index (χ4v) is 2.93. The summed E-state index contributed by atoms with van der Waals surface area (Å²) in [6.45, 7) is 1.97. The van der Waals surface area contributed by atoms with Crippen LogP contribution in [0.1, 0.15) is 12.5 Å². The van der Waals surface area contributed by atoms with Gasteiger partial charge in [0.05, 0.1) is 34.8 Å². The number of hydrogen-bond acceptors (Lipinski definition) is 5. The van der Waals surface area contributed by atoms with Crippen molar-refractivity contribution in [3.05, 3.63) is 45.4 Å². The van der Waals surface area contributed by atoms with Crippen LogP contribution < -0.4 is 19.5 Å². The van der Waals surface area contributed by atoms with E-state index in [1.807, 2.05) is 13.0 Å². The Labute approximate surface area is 164 Å². The van der Waals surface area contributed by atoms with E-state index in [-0.39, 0.29) is 12.5 Å². The van der Waals surface area contributed by atoms with Crippen molar-refractivity contribution in [1.82, 2.24) is 0 Å². The van der Waals surface area contributed by atoms with E-state index in [0.29, 0.717) is 44.6 Å². The Balaban J connectivity index is 2.07. The second kappa shape index (κ2) is 9.32. The second-order valence-corrected chi connectivity index (χ2v) is 6.28. The molecule has 2 aromatic rings. The molecule has 0 spiro atoms. The van der Waals surface area contributed by atoms with Crippen LogP contribution in [0.4, 0.5) is 5.69 Å². The first-order valence-electron chi connectivity index (χ1n) is 7.61. The number of halogens is 2. The van der Waals surface area contributed by atoms with Gasteiger partial charge in [-0.15, -0.1) is 0 Å². The lowest BCUT2D eigenvalue weighted by Crippen LogP contribution is -2.20. The van der Waals surface area contributed by atoms with Gasteiger partial charge in [-0.2, -0.15) is 5.26 Å². The molecule has 0 atom stereocenters. The van der Waals surface area contributed by atoms with E-state index >= 15 is 0 Å². The molecule has 0 aromatic heterocycles. The van der Waals surface area contributed by atoms with Crippen LogP contribution in [-0.2, 0) is 4.79 Å². The smallest absolute Gasteiger partial charge is 0.262 e. The molecule has 8 heteroatoms.